The van der Waals surface area contributed by atoms with Crippen LogP contribution in [0.5, 0.6) is 0 Å². The summed E-state index contributed by atoms with van der Waals surface area (Å²) >= 11 is 5.89. The Balaban J connectivity index is 1.98. The zero-order valence-corrected chi connectivity index (χ0v) is 16.1. The lowest BCUT2D eigenvalue weighted by molar-refractivity contribution is -0.145. The zero-order chi connectivity index (χ0) is 18.2. The van der Waals surface area contributed by atoms with Crippen LogP contribution in [-0.2, 0) is 19.4 Å². The second kappa shape index (κ2) is 6.89. The smallest absolute Gasteiger partial charge is 0.244 e. The summed E-state index contributed by atoms with van der Waals surface area (Å²) in [5, 5.41) is 0.474. The summed E-state index contributed by atoms with van der Waals surface area (Å²) in [6, 6.07) is 6.10. The second-order valence-corrected chi connectivity index (χ2v) is 9.82. The van der Waals surface area contributed by atoms with E-state index in [-0.39, 0.29) is 23.0 Å². The van der Waals surface area contributed by atoms with E-state index in [1.807, 2.05) is 13.8 Å². The number of carbonyl (C=O) groups excluding carboxylic acids is 1. The van der Waals surface area contributed by atoms with Crippen molar-refractivity contribution in [2.45, 2.75) is 61.4 Å². The summed E-state index contributed by atoms with van der Waals surface area (Å²) in [7, 11) is -3.79. The first kappa shape index (κ1) is 18.7. The van der Waals surface area contributed by atoms with Crippen molar-refractivity contribution in [3.05, 3.63) is 29.3 Å². The number of morpholine rings is 1. The molecule has 1 amide bonds. The first-order valence-corrected chi connectivity index (χ1v) is 10.6. The maximum absolute atomic E-state index is 13.4. The van der Waals surface area contributed by atoms with Crippen LogP contribution in [-0.4, -0.2) is 49.3 Å². The third kappa shape index (κ3) is 3.32. The van der Waals surface area contributed by atoms with E-state index in [0.29, 0.717) is 31.0 Å². The molecular formula is C18H24ClNO4S. The lowest BCUT2D eigenvalue weighted by Crippen LogP contribution is -2.57. The van der Waals surface area contributed by atoms with E-state index in [9.17, 15) is 13.2 Å². The molecule has 7 heteroatoms. The Morgan fingerprint density at radius 2 is 1.64 bits per heavy atom. The number of sulfone groups is 1. The summed E-state index contributed by atoms with van der Waals surface area (Å²) in [4.78, 5) is 15.2. The molecule has 1 aromatic carbocycles. The van der Waals surface area contributed by atoms with E-state index < -0.39 is 14.6 Å². The lowest BCUT2D eigenvalue weighted by atomic mass is 10.0. The topological polar surface area (TPSA) is 63.7 Å². The molecule has 0 radical (unpaired) electrons. The molecule has 2 aliphatic rings. The largest absolute Gasteiger partial charge is 0.372 e. The number of amides is 1. The molecule has 1 aliphatic carbocycles. The molecular weight excluding hydrogens is 362 g/mol. The standard InChI is InChI=1S/C18H24ClNO4S/c1-13-11-20(12-14(2)24-13)17(21)18(9-3-4-10-18)25(22,23)16-7-5-15(19)6-8-16/h5-8,13-14H,3-4,9-12H2,1-2H3. The van der Waals surface area contributed by atoms with Gasteiger partial charge in [-0.1, -0.05) is 24.4 Å². The van der Waals surface area contributed by atoms with E-state index in [1.165, 1.54) is 12.1 Å². The predicted molar refractivity (Wildman–Crippen MR) is 96.4 cm³/mol. The Morgan fingerprint density at radius 1 is 1.12 bits per heavy atom. The Kier molecular flexibility index (Phi) is 5.15. The van der Waals surface area contributed by atoms with Gasteiger partial charge in [-0.15, -0.1) is 0 Å². The van der Waals surface area contributed by atoms with E-state index in [4.69, 9.17) is 16.3 Å². The van der Waals surface area contributed by atoms with Crippen molar-refractivity contribution >= 4 is 27.3 Å². The molecule has 1 aromatic rings. The van der Waals surface area contributed by atoms with Crippen molar-refractivity contribution in [1.29, 1.82) is 0 Å². The van der Waals surface area contributed by atoms with Crippen LogP contribution in [0.15, 0.2) is 29.2 Å². The maximum Gasteiger partial charge on any atom is 0.244 e. The van der Waals surface area contributed by atoms with Gasteiger partial charge in [0, 0.05) is 18.1 Å². The van der Waals surface area contributed by atoms with E-state index in [1.54, 1.807) is 17.0 Å². The maximum atomic E-state index is 13.4. The number of carbonyl (C=O) groups is 1. The van der Waals surface area contributed by atoms with Gasteiger partial charge in [0.25, 0.3) is 0 Å². The van der Waals surface area contributed by atoms with Crippen LogP contribution in [0, 0.1) is 0 Å². The van der Waals surface area contributed by atoms with Crippen LogP contribution < -0.4 is 0 Å². The predicted octanol–water partition coefficient (Wildman–Crippen LogP) is 3.06. The van der Waals surface area contributed by atoms with Crippen LogP contribution in [0.1, 0.15) is 39.5 Å². The number of hydrogen-bond donors (Lipinski definition) is 0. The SMILES string of the molecule is CC1CN(C(=O)C2(S(=O)(=O)c3ccc(Cl)cc3)CCCC2)CC(C)O1. The monoisotopic (exact) mass is 385 g/mol. The number of benzene rings is 1. The molecule has 0 bridgehead atoms. The molecule has 2 fully saturated rings. The Bertz CT molecular complexity index is 731. The lowest BCUT2D eigenvalue weighted by Gasteiger charge is -2.40. The highest BCUT2D eigenvalue weighted by Gasteiger charge is 2.55. The van der Waals surface area contributed by atoms with Crippen molar-refractivity contribution in [2.75, 3.05) is 13.1 Å². The van der Waals surface area contributed by atoms with Crippen LogP contribution in [0.2, 0.25) is 5.02 Å². The van der Waals surface area contributed by atoms with Gasteiger partial charge in [0.1, 0.15) is 0 Å². The average molecular weight is 386 g/mol. The number of ether oxygens (including phenoxy) is 1. The summed E-state index contributed by atoms with van der Waals surface area (Å²) in [6.07, 6.45) is 2.05. The van der Waals surface area contributed by atoms with Crippen LogP contribution in [0.25, 0.3) is 0 Å². The summed E-state index contributed by atoms with van der Waals surface area (Å²) in [6.45, 7) is 4.68. The van der Waals surface area contributed by atoms with Crippen molar-refractivity contribution in [3.8, 4) is 0 Å². The first-order valence-electron chi connectivity index (χ1n) is 8.71. The molecule has 5 nitrogen and oxygen atoms in total. The minimum absolute atomic E-state index is 0.0932. The van der Waals surface area contributed by atoms with Gasteiger partial charge in [0.05, 0.1) is 17.1 Å². The second-order valence-electron chi connectivity index (χ2n) is 7.13. The molecule has 25 heavy (non-hydrogen) atoms. The number of hydrogen-bond acceptors (Lipinski definition) is 4. The molecule has 0 spiro atoms. The first-order chi connectivity index (χ1) is 11.8. The zero-order valence-electron chi connectivity index (χ0n) is 14.6. The van der Waals surface area contributed by atoms with Gasteiger partial charge < -0.3 is 9.64 Å². The third-order valence-corrected chi connectivity index (χ3v) is 7.90. The van der Waals surface area contributed by atoms with E-state index in [0.717, 1.165) is 12.8 Å². The number of halogens is 1. The fourth-order valence-corrected chi connectivity index (χ4v) is 6.27. The van der Waals surface area contributed by atoms with E-state index in [2.05, 4.69) is 0 Å². The van der Waals surface area contributed by atoms with Crippen molar-refractivity contribution in [3.63, 3.8) is 0 Å². The summed E-state index contributed by atoms with van der Waals surface area (Å²) in [5.74, 6) is -0.276. The summed E-state index contributed by atoms with van der Waals surface area (Å²) in [5.41, 5.74) is 0. The average Bonchev–Trinajstić information content (AvgIpc) is 3.05. The van der Waals surface area contributed by atoms with Crippen LogP contribution >= 0.6 is 11.6 Å². The molecule has 2 unspecified atom stereocenters. The minimum Gasteiger partial charge on any atom is -0.372 e. The van der Waals surface area contributed by atoms with Crippen LogP contribution in [0.3, 0.4) is 0 Å². The Hall–Kier alpha value is -1.11. The molecule has 1 aliphatic heterocycles. The van der Waals surface area contributed by atoms with Crippen LogP contribution in [0.4, 0.5) is 0 Å². The highest BCUT2D eigenvalue weighted by Crippen LogP contribution is 2.42. The minimum atomic E-state index is -3.79. The molecule has 1 heterocycles. The molecule has 3 rings (SSSR count). The highest BCUT2D eigenvalue weighted by molar-refractivity contribution is 7.93. The molecule has 1 saturated carbocycles. The van der Waals surface area contributed by atoms with Crippen molar-refractivity contribution < 1.29 is 17.9 Å². The fraction of sp³-hybridized carbons (Fsp3) is 0.611. The quantitative estimate of drug-likeness (QED) is 0.802. The Labute approximate surface area is 154 Å². The summed E-state index contributed by atoms with van der Waals surface area (Å²) < 4.78 is 31.1. The van der Waals surface area contributed by atoms with Gasteiger partial charge >= 0.3 is 0 Å². The molecule has 138 valence electrons. The fourth-order valence-electron chi connectivity index (χ4n) is 4.01. The van der Waals surface area contributed by atoms with Gasteiger partial charge in [-0.2, -0.15) is 0 Å². The van der Waals surface area contributed by atoms with Gasteiger partial charge in [-0.25, -0.2) is 8.42 Å². The number of nitrogens with zero attached hydrogens (tertiary/aromatic N) is 1. The molecule has 0 aromatic heterocycles. The normalized spacial score (nSPS) is 26.6. The van der Waals surface area contributed by atoms with Gasteiger partial charge in [0.15, 0.2) is 14.6 Å². The van der Waals surface area contributed by atoms with Gasteiger partial charge in [0.2, 0.25) is 5.91 Å². The van der Waals surface area contributed by atoms with Gasteiger partial charge in [-0.05, 0) is 51.0 Å². The highest BCUT2D eigenvalue weighted by atomic mass is 35.5. The molecule has 2 atom stereocenters. The molecule has 1 saturated heterocycles. The van der Waals surface area contributed by atoms with Crippen molar-refractivity contribution in [1.82, 2.24) is 4.90 Å². The van der Waals surface area contributed by atoms with E-state index >= 15 is 0 Å². The van der Waals surface area contributed by atoms with Crippen molar-refractivity contribution in [2.24, 2.45) is 0 Å². The van der Waals surface area contributed by atoms with Gasteiger partial charge in [-0.3, -0.25) is 4.79 Å². The molecule has 0 N–H and O–H groups in total. The number of rotatable bonds is 3. The Morgan fingerprint density at radius 3 is 2.16 bits per heavy atom. The third-order valence-electron chi connectivity index (χ3n) is 5.15.